The zero-order chi connectivity index (χ0) is 19.8. The number of hydrogen-bond donors (Lipinski definition) is 0. The number of esters is 1. The van der Waals surface area contributed by atoms with Crippen LogP contribution in [0.15, 0.2) is 54.6 Å². The topological polar surface area (TPSA) is 48.3 Å². The van der Waals surface area contributed by atoms with E-state index in [0.29, 0.717) is 26.3 Å². The molecule has 0 saturated heterocycles. The van der Waals surface area contributed by atoms with E-state index < -0.39 is 5.97 Å². The van der Waals surface area contributed by atoms with Gasteiger partial charge in [0.15, 0.2) is 6.29 Å². The van der Waals surface area contributed by atoms with E-state index in [1.54, 1.807) is 28.8 Å². The van der Waals surface area contributed by atoms with Crippen LogP contribution in [-0.2, 0) is 4.74 Å². The Kier molecular flexibility index (Phi) is 4.98. The molecule has 0 amide bonds. The molecule has 2 aromatic heterocycles. The lowest BCUT2D eigenvalue weighted by atomic mass is 10.0. The van der Waals surface area contributed by atoms with E-state index in [4.69, 9.17) is 27.9 Å². The van der Waals surface area contributed by atoms with E-state index >= 15 is 0 Å². The largest absolute Gasteiger partial charge is 0.465 e. The monoisotopic (exact) mass is 429 g/mol. The van der Waals surface area contributed by atoms with Crippen molar-refractivity contribution in [2.24, 2.45) is 0 Å². The number of hydrogen-bond acceptors (Lipinski definition) is 4. The lowest BCUT2D eigenvalue weighted by molar-refractivity contribution is 0.0606. The molecule has 0 spiro atoms. The summed E-state index contributed by atoms with van der Waals surface area (Å²) in [6, 6.07) is 16.5. The molecule has 7 heteroatoms. The van der Waals surface area contributed by atoms with E-state index in [1.807, 2.05) is 30.3 Å². The Balaban J connectivity index is 2.10. The molecule has 0 aliphatic rings. The second kappa shape index (κ2) is 7.43. The smallest absolute Gasteiger partial charge is 0.348 e. The van der Waals surface area contributed by atoms with Gasteiger partial charge in [0.05, 0.1) is 22.8 Å². The van der Waals surface area contributed by atoms with Gasteiger partial charge in [-0.1, -0.05) is 53.5 Å². The fourth-order valence-electron chi connectivity index (χ4n) is 3.19. The highest BCUT2D eigenvalue weighted by Gasteiger charge is 2.24. The quantitative estimate of drug-likeness (QED) is 0.283. The van der Waals surface area contributed by atoms with Gasteiger partial charge < -0.3 is 4.74 Å². The molecule has 0 N–H and O–H groups in total. The molecule has 0 radical (unpaired) electrons. The Bertz CT molecular complexity index is 1210. The minimum Gasteiger partial charge on any atom is -0.465 e. The number of methoxy groups -OCH3 is 1. The van der Waals surface area contributed by atoms with Gasteiger partial charge in [0, 0.05) is 16.6 Å². The summed E-state index contributed by atoms with van der Waals surface area (Å²) >= 11 is 13.5. The number of fused-ring (bicyclic) bond motifs is 1. The molecule has 0 unspecified atom stereocenters. The number of ether oxygens (including phenoxy) is 1. The maximum Gasteiger partial charge on any atom is 0.348 e. The first-order valence-corrected chi connectivity index (χ1v) is 9.85. The summed E-state index contributed by atoms with van der Waals surface area (Å²) in [6.45, 7) is 0. The van der Waals surface area contributed by atoms with Crippen molar-refractivity contribution >= 4 is 57.0 Å². The molecule has 4 nitrogen and oxygen atoms in total. The normalized spacial score (nSPS) is 11.0. The fraction of sp³-hybridized carbons (Fsp3) is 0.0476. The van der Waals surface area contributed by atoms with E-state index in [0.717, 1.165) is 27.6 Å². The van der Waals surface area contributed by atoms with Crippen molar-refractivity contribution in [1.29, 1.82) is 0 Å². The molecule has 2 heterocycles. The molecule has 0 bridgehead atoms. The van der Waals surface area contributed by atoms with Crippen LogP contribution in [0.25, 0.3) is 27.0 Å². The van der Waals surface area contributed by atoms with Gasteiger partial charge in [0.25, 0.3) is 0 Å². The summed E-state index contributed by atoms with van der Waals surface area (Å²) in [7, 11) is 1.34. The second-order valence-electron chi connectivity index (χ2n) is 6.00. The molecule has 0 aliphatic carbocycles. The van der Waals surface area contributed by atoms with Crippen LogP contribution >= 0.6 is 34.5 Å². The van der Waals surface area contributed by atoms with Gasteiger partial charge in [0.1, 0.15) is 9.71 Å². The fourth-order valence-corrected chi connectivity index (χ4v) is 4.60. The maximum absolute atomic E-state index is 12.1. The van der Waals surface area contributed by atoms with Crippen molar-refractivity contribution in [3.63, 3.8) is 0 Å². The number of carbonyl (C=O) groups is 2. The summed E-state index contributed by atoms with van der Waals surface area (Å²) < 4.78 is 6.67. The van der Waals surface area contributed by atoms with Crippen LogP contribution in [0.5, 0.6) is 0 Å². The maximum atomic E-state index is 12.1. The average molecular weight is 430 g/mol. The van der Waals surface area contributed by atoms with Gasteiger partial charge in [-0.15, -0.1) is 11.3 Å². The Hall–Kier alpha value is -2.60. The third kappa shape index (κ3) is 3.02. The minimum absolute atomic E-state index is 0.379. The average Bonchev–Trinajstić information content (AvgIpc) is 3.26. The summed E-state index contributed by atoms with van der Waals surface area (Å²) in [5.74, 6) is -0.423. The van der Waals surface area contributed by atoms with Crippen molar-refractivity contribution in [3.8, 4) is 16.8 Å². The van der Waals surface area contributed by atoms with Gasteiger partial charge in [-0.05, 0) is 29.8 Å². The van der Waals surface area contributed by atoms with Crippen molar-refractivity contribution in [2.45, 2.75) is 0 Å². The van der Waals surface area contributed by atoms with Crippen LogP contribution in [0.3, 0.4) is 0 Å². The highest BCUT2D eigenvalue weighted by Crippen LogP contribution is 2.41. The Morgan fingerprint density at radius 1 is 1.07 bits per heavy atom. The van der Waals surface area contributed by atoms with Crippen molar-refractivity contribution in [1.82, 2.24) is 4.57 Å². The van der Waals surface area contributed by atoms with Gasteiger partial charge in [0.2, 0.25) is 0 Å². The first-order valence-electron chi connectivity index (χ1n) is 8.27. The predicted molar refractivity (Wildman–Crippen MR) is 113 cm³/mol. The zero-order valence-corrected chi connectivity index (χ0v) is 16.9. The van der Waals surface area contributed by atoms with Gasteiger partial charge in [-0.3, -0.25) is 9.36 Å². The Labute approximate surface area is 174 Å². The van der Waals surface area contributed by atoms with Gasteiger partial charge in [-0.2, -0.15) is 0 Å². The molecule has 4 aromatic rings. The van der Waals surface area contributed by atoms with Crippen LogP contribution in [0.1, 0.15) is 20.2 Å². The summed E-state index contributed by atoms with van der Waals surface area (Å²) in [4.78, 5) is 25.4. The van der Waals surface area contributed by atoms with Crippen molar-refractivity contribution < 1.29 is 14.3 Å². The minimum atomic E-state index is -0.423. The number of nitrogens with zero attached hydrogens (tertiary/aromatic N) is 1. The first kappa shape index (κ1) is 18.7. The highest BCUT2D eigenvalue weighted by atomic mass is 35.5. The summed E-state index contributed by atoms with van der Waals surface area (Å²) in [5.41, 5.74) is 2.79. The van der Waals surface area contributed by atoms with E-state index in [1.165, 1.54) is 18.4 Å². The summed E-state index contributed by atoms with van der Waals surface area (Å²) in [5, 5.41) is 1.60. The second-order valence-corrected chi connectivity index (χ2v) is 7.84. The predicted octanol–water partition coefficient (Wildman–Crippen LogP) is 6.26. The van der Waals surface area contributed by atoms with E-state index in [2.05, 4.69) is 0 Å². The van der Waals surface area contributed by atoms with Crippen LogP contribution < -0.4 is 0 Å². The molecule has 0 atom stereocenters. The van der Waals surface area contributed by atoms with Gasteiger partial charge in [-0.25, -0.2) is 4.79 Å². The number of aldehydes is 1. The Morgan fingerprint density at radius 2 is 1.82 bits per heavy atom. The van der Waals surface area contributed by atoms with Crippen LogP contribution in [0.2, 0.25) is 10.0 Å². The molecule has 2 aromatic carbocycles. The molecule has 0 saturated carbocycles. The lowest BCUT2D eigenvalue weighted by Gasteiger charge is -2.09. The highest BCUT2D eigenvalue weighted by molar-refractivity contribution is 7.20. The van der Waals surface area contributed by atoms with Gasteiger partial charge >= 0.3 is 5.97 Å². The number of halogens is 2. The first-order chi connectivity index (χ1) is 13.5. The molecule has 140 valence electrons. The van der Waals surface area contributed by atoms with Crippen LogP contribution in [0, 0.1) is 0 Å². The van der Waals surface area contributed by atoms with Crippen molar-refractivity contribution in [2.75, 3.05) is 7.11 Å². The zero-order valence-electron chi connectivity index (χ0n) is 14.6. The molecular formula is C21H13Cl2NO3S. The molecule has 0 aliphatic heterocycles. The number of aromatic nitrogens is 1. The third-order valence-electron chi connectivity index (χ3n) is 4.40. The molecule has 4 rings (SSSR count). The molecular weight excluding hydrogens is 417 g/mol. The number of thiophene rings is 1. The van der Waals surface area contributed by atoms with Crippen molar-refractivity contribution in [3.05, 3.63) is 75.2 Å². The standard InChI is InChI=1S/C21H13Cl2NO3S/c1-27-21(26)18-10-14-19(12-5-3-2-4-6-12)17(11-25)24(20(14)28-18)13-7-8-15(22)16(23)9-13/h2-11H,1H3. The molecule has 28 heavy (non-hydrogen) atoms. The van der Waals surface area contributed by atoms with E-state index in [9.17, 15) is 9.59 Å². The summed E-state index contributed by atoms with van der Waals surface area (Å²) in [6.07, 6.45) is 0.815. The third-order valence-corrected chi connectivity index (χ3v) is 6.24. The van der Waals surface area contributed by atoms with Crippen LogP contribution in [-0.4, -0.2) is 23.9 Å². The van der Waals surface area contributed by atoms with E-state index in [-0.39, 0.29) is 0 Å². The number of benzene rings is 2. The number of rotatable bonds is 4. The molecule has 0 fully saturated rings. The lowest BCUT2D eigenvalue weighted by Crippen LogP contribution is -2.00. The number of carbonyl (C=O) groups excluding carboxylic acids is 2. The van der Waals surface area contributed by atoms with Crippen LogP contribution in [0.4, 0.5) is 0 Å². The SMILES string of the molecule is COC(=O)c1cc2c(-c3ccccc3)c(C=O)n(-c3ccc(Cl)c(Cl)c3)c2s1. The Morgan fingerprint density at radius 3 is 2.46 bits per heavy atom.